The van der Waals surface area contributed by atoms with Crippen molar-refractivity contribution >= 4 is 35.2 Å². The average molecular weight is 479 g/mol. The van der Waals surface area contributed by atoms with Crippen LogP contribution in [-0.2, 0) is 16.1 Å². The molecular weight excluding hydrogens is 460 g/mol. The molecule has 0 aromatic heterocycles. The molecule has 9 heteroatoms. The summed E-state index contributed by atoms with van der Waals surface area (Å²) >= 11 is 6.01. The van der Waals surface area contributed by atoms with Crippen molar-refractivity contribution in [2.45, 2.75) is 13.5 Å². The van der Waals surface area contributed by atoms with Crippen molar-refractivity contribution < 1.29 is 23.9 Å². The predicted octanol–water partition coefficient (Wildman–Crippen LogP) is 5.49. The number of carbonyl (C=O) groups excluding carboxylic acids is 1. The van der Waals surface area contributed by atoms with Crippen LogP contribution < -0.4 is 9.47 Å². The third-order valence-corrected chi connectivity index (χ3v) is 5.27. The number of halogens is 1. The van der Waals surface area contributed by atoms with E-state index in [2.05, 4.69) is 4.99 Å². The molecule has 1 heterocycles. The fourth-order valence-corrected chi connectivity index (χ4v) is 3.58. The van der Waals surface area contributed by atoms with Gasteiger partial charge in [-0.05, 0) is 60.5 Å². The zero-order valence-corrected chi connectivity index (χ0v) is 19.0. The molecule has 1 aliphatic rings. The maximum absolute atomic E-state index is 12.4. The van der Waals surface area contributed by atoms with Crippen molar-refractivity contribution in [3.63, 3.8) is 0 Å². The van der Waals surface area contributed by atoms with E-state index in [0.717, 1.165) is 5.56 Å². The van der Waals surface area contributed by atoms with Crippen LogP contribution in [-0.4, -0.2) is 23.9 Å². The van der Waals surface area contributed by atoms with Gasteiger partial charge < -0.3 is 14.2 Å². The minimum Gasteiger partial charge on any atom is -0.493 e. The van der Waals surface area contributed by atoms with Gasteiger partial charge in [0.1, 0.15) is 6.61 Å². The first-order valence-corrected chi connectivity index (χ1v) is 10.5. The molecule has 0 bridgehead atoms. The number of nitrogens with zero attached hydrogens (tertiary/aromatic N) is 2. The normalized spacial score (nSPS) is 14.0. The number of hydrogen-bond donors (Lipinski definition) is 0. The number of hydrogen-bond acceptors (Lipinski definition) is 7. The highest BCUT2D eigenvalue weighted by Gasteiger charge is 2.25. The van der Waals surface area contributed by atoms with E-state index in [0.29, 0.717) is 39.8 Å². The zero-order chi connectivity index (χ0) is 24.2. The van der Waals surface area contributed by atoms with E-state index in [-0.39, 0.29) is 17.3 Å². The van der Waals surface area contributed by atoms with Crippen LogP contribution in [0.2, 0.25) is 5.02 Å². The number of nitro benzene ring substituents is 1. The lowest BCUT2D eigenvalue weighted by molar-refractivity contribution is -0.385. The number of carbonyl (C=O) groups is 1. The molecular formula is C25H19ClN2O6. The van der Waals surface area contributed by atoms with Crippen molar-refractivity contribution in [3.8, 4) is 11.5 Å². The molecule has 0 amide bonds. The topological polar surface area (TPSA) is 100 Å². The number of aryl methyl sites for hydroxylation is 1. The van der Waals surface area contributed by atoms with Crippen molar-refractivity contribution in [2.75, 3.05) is 7.11 Å². The summed E-state index contributed by atoms with van der Waals surface area (Å²) < 4.78 is 16.6. The minimum absolute atomic E-state index is 0.0193. The van der Waals surface area contributed by atoms with Crippen LogP contribution in [0.15, 0.2) is 71.4 Å². The number of rotatable bonds is 7. The predicted molar refractivity (Wildman–Crippen MR) is 127 cm³/mol. The Morgan fingerprint density at radius 1 is 1.12 bits per heavy atom. The van der Waals surface area contributed by atoms with Crippen LogP contribution >= 0.6 is 11.6 Å². The van der Waals surface area contributed by atoms with E-state index in [1.54, 1.807) is 43.3 Å². The molecule has 3 aromatic carbocycles. The largest absolute Gasteiger partial charge is 0.493 e. The first kappa shape index (κ1) is 23.0. The third kappa shape index (κ3) is 5.07. The Kier molecular flexibility index (Phi) is 6.60. The molecule has 1 aliphatic heterocycles. The van der Waals surface area contributed by atoms with Crippen LogP contribution in [0, 0.1) is 17.0 Å². The quantitative estimate of drug-likeness (QED) is 0.193. The molecule has 4 rings (SSSR count). The summed E-state index contributed by atoms with van der Waals surface area (Å²) in [6, 6.07) is 17.0. The SMILES string of the molecule is COc1cc(/C=C2\N=C(c3ccc([N+](=O)[O-])c(C)c3)OC2=O)ccc1OCc1cccc(Cl)c1. The molecule has 0 unspecified atom stereocenters. The molecule has 0 saturated carbocycles. The molecule has 8 nitrogen and oxygen atoms in total. The Hall–Kier alpha value is -4.17. The van der Waals surface area contributed by atoms with E-state index in [9.17, 15) is 14.9 Å². The summed E-state index contributed by atoms with van der Waals surface area (Å²) in [5.74, 6) is 0.482. The van der Waals surface area contributed by atoms with Gasteiger partial charge in [0.15, 0.2) is 17.2 Å². The maximum atomic E-state index is 12.4. The summed E-state index contributed by atoms with van der Waals surface area (Å²) in [4.78, 5) is 27.2. The summed E-state index contributed by atoms with van der Waals surface area (Å²) in [7, 11) is 1.52. The second-order valence-corrected chi connectivity index (χ2v) is 7.86. The smallest absolute Gasteiger partial charge is 0.363 e. The molecule has 0 radical (unpaired) electrons. The fourth-order valence-electron chi connectivity index (χ4n) is 3.36. The number of aliphatic imine (C=N–C) groups is 1. The second kappa shape index (κ2) is 9.76. The van der Waals surface area contributed by atoms with Gasteiger partial charge in [0.05, 0.1) is 12.0 Å². The number of methoxy groups -OCH3 is 1. The molecule has 0 atom stereocenters. The maximum Gasteiger partial charge on any atom is 0.363 e. The summed E-state index contributed by atoms with van der Waals surface area (Å²) in [5.41, 5.74) is 2.57. The first-order valence-electron chi connectivity index (χ1n) is 10.2. The van der Waals surface area contributed by atoms with Gasteiger partial charge in [-0.25, -0.2) is 9.79 Å². The summed E-state index contributed by atoms with van der Waals surface area (Å²) in [6.45, 7) is 1.92. The molecule has 172 valence electrons. The van der Waals surface area contributed by atoms with E-state index < -0.39 is 10.9 Å². The third-order valence-electron chi connectivity index (χ3n) is 5.04. The number of esters is 1. The highest BCUT2D eigenvalue weighted by atomic mass is 35.5. The van der Waals surface area contributed by atoms with Gasteiger partial charge in [-0.2, -0.15) is 0 Å². The Labute approximate surface area is 200 Å². The zero-order valence-electron chi connectivity index (χ0n) is 18.3. The molecule has 3 aromatic rings. The van der Waals surface area contributed by atoms with Crippen LogP contribution in [0.4, 0.5) is 5.69 Å². The standard InChI is InChI=1S/C25H19ClN2O6/c1-15-10-18(7-8-21(15)28(30)31)24-27-20(25(29)34-24)12-16-6-9-22(23(13-16)32-2)33-14-17-4-3-5-19(26)11-17/h3-13H,14H2,1-2H3/b20-12-. The van der Waals surface area contributed by atoms with Gasteiger partial charge in [-0.1, -0.05) is 29.8 Å². The Balaban J connectivity index is 1.55. The molecule has 0 spiro atoms. The lowest BCUT2D eigenvalue weighted by Gasteiger charge is -2.11. The first-order chi connectivity index (χ1) is 16.3. The van der Waals surface area contributed by atoms with Crippen molar-refractivity contribution in [1.82, 2.24) is 0 Å². The van der Waals surface area contributed by atoms with Crippen LogP contribution in [0.25, 0.3) is 6.08 Å². The summed E-state index contributed by atoms with van der Waals surface area (Å²) in [5, 5.41) is 11.6. The van der Waals surface area contributed by atoms with Crippen molar-refractivity contribution in [1.29, 1.82) is 0 Å². The van der Waals surface area contributed by atoms with Gasteiger partial charge >= 0.3 is 5.97 Å². The Morgan fingerprint density at radius 3 is 2.65 bits per heavy atom. The van der Waals surface area contributed by atoms with Gasteiger partial charge in [0.2, 0.25) is 5.90 Å². The van der Waals surface area contributed by atoms with E-state index >= 15 is 0 Å². The van der Waals surface area contributed by atoms with Gasteiger partial charge in [-0.3, -0.25) is 10.1 Å². The fraction of sp³-hybridized carbons (Fsp3) is 0.120. The molecule has 0 fully saturated rings. The average Bonchev–Trinajstić information content (AvgIpc) is 3.18. The van der Waals surface area contributed by atoms with Crippen LogP contribution in [0.1, 0.15) is 22.3 Å². The van der Waals surface area contributed by atoms with Gasteiger partial charge in [0.25, 0.3) is 5.69 Å². The number of nitro groups is 1. The lowest BCUT2D eigenvalue weighted by atomic mass is 10.1. The Morgan fingerprint density at radius 2 is 1.94 bits per heavy atom. The highest BCUT2D eigenvalue weighted by Crippen LogP contribution is 2.31. The second-order valence-electron chi connectivity index (χ2n) is 7.42. The summed E-state index contributed by atoms with van der Waals surface area (Å²) in [6.07, 6.45) is 1.57. The van der Waals surface area contributed by atoms with Gasteiger partial charge in [0, 0.05) is 22.2 Å². The van der Waals surface area contributed by atoms with Crippen LogP contribution in [0.3, 0.4) is 0 Å². The molecule has 0 saturated heterocycles. The highest BCUT2D eigenvalue weighted by molar-refractivity contribution is 6.30. The number of cyclic esters (lactones) is 1. The lowest BCUT2D eigenvalue weighted by Crippen LogP contribution is -2.06. The molecule has 0 N–H and O–H groups in total. The monoisotopic (exact) mass is 478 g/mol. The van der Waals surface area contributed by atoms with E-state index in [1.165, 1.54) is 19.2 Å². The Bertz CT molecular complexity index is 1350. The van der Waals surface area contributed by atoms with Crippen molar-refractivity contribution in [3.05, 3.63) is 104 Å². The van der Waals surface area contributed by atoms with Gasteiger partial charge in [-0.15, -0.1) is 0 Å². The molecule has 34 heavy (non-hydrogen) atoms. The van der Waals surface area contributed by atoms with Crippen molar-refractivity contribution in [2.24, 2.45) is 4.99 Å². The minimum atomic E-state index is -0.619. The number of ether oxygens (including phenoxy) is 3. The van der Waals surface area contributed by atoms with Crippen LogP contribution in [0.5, 0.6) is 11.5 Å². The van der Waals surface area contributed by atoms with E-state index in [4.69, 9.17) is 25.8 Å². The molecule has 0 aliphatic carbocycles. The van der Waals surface area contributed by atoms with E-state index in [1.807, 2.05) is 18.2 Å². The number of benzene rings is 3.